The number of carbonyl (C=O) groups excluding carboxylic acids is 1. The highest BCUT2D eigenvalue weighted by molar-refractivity contribution is 7.13. The van der Waals surface area contributed by atoms with Gasteiger partial charge in [-0.15, -0.1) is 11.3 Å². The minimum absolute atomic E-state index is 0.171. The standard InChI is InChI=1S/C21H17ClN2OS/c1-2-3-4-12-20(25)23-16-9-7-8-15(13-16)19-14-26-21(24-19)17-10-5-6-11-18(17)22/h2-14H,1H3,(H,23,25)/b3-2+,12-4+. The van der Waals surface area contributed by atoms with Crippen LogP contribution in [0.15, 0.2) is 78.2 Å². The van der Waals surface area contributed by atoms with Gasteiger partial charge < -0.3 is 5.32 Å². The third-order valence-corrected chi connectivity index (χ3v) is 4.79. The van der Waals surface area contributed by atoms with E-state index in [4.69, 9.17) is 16.6 Å². The number of thiazole rings is 1. The zero-order chi connectivity index (χ0) is 18.4. The summed E-state index contributed by atoms with van der Waals surface area (Å²) in [5.41, 5.74) is 3.44. The van der Waals surface area contributed by atoms with E-state index in [0.717, 1.165) is 27.5 Å². The van der Waals surface area contributed by atoms with Crippen molar-refractivity contribution in [3.05, 3.63) is 83.2 Å². The fourth-order valence-electron chi connectivity index (χ4n) is 2.36. The number of nitrogens with one attached hydrogen (secondary N) is 1. The number of halogens is 1. The molecule has 3 rings (SSSR count). The lowest BCUT2D eigenvalue weighted by Crippen LogP contribution is -2.07. The van der Waals surface area contributed by atoms with Gasteiger partial charge in [0.15, 0.2) is 0 Å². The molecule has 0 radical (unpaired) electrons. The molecule has 0 saturated heterocycles. The van der Waals surface area contributed by atoms with Crippen LogP contribution in [0, 0.1) is 0 Å². The number of nitrogens with zero attached hydrogens (tertiary/aromatic N) is 1. The number of carbonyl (C=O) groups is 1. The molecule has 0 fully saturated rings. The third-order valence-electron chi connectivity index (χ3n) is 3.59. The number of allylic oxidation sites excluding steroid dienone is 3. The highest BCUT2D eigenvalue weighted by atomic mass is 35.5. The van der Waals surface area contributed by atoms with Crippen LogP contribution in [0.2, 0.25) is 5.02 Å². The smallest absolute Gasteiger partial charge is 0.248 e. The van der Waals surface area contributed by atoms with Crippen molar-refractivity contribution in [1.29, 1.82) is 0 Å². The first kappa shape index (κ1) is 18.1. The fourth-order valence-corrected chi connectivity index (χ4v) is 3.51. The molecule has 0 aliphatic carbocycles. The monoisotopic (exact) mass is 380 g/mol. The second-order valence-electron chi connectivity index (χ2n) is 5.47. The van der Waals surface area contributed by atoms with E-state index < -0.39 is 0 Å². The molecule has 2 aromatic carbocycles. The van der Waals surface area contributed by atoms with Crippen molar-refractivity contribution in [2.45, 2.75) is 6.92 Å². The van der Waals surface area contributed by atoms with Gasteiger partial charge in [-0.3, -0.25) is 4.79 Å². The molecule has 26 heavy (non-hydrogen) atoms. The summed E-state index contributed by atoms with van der Waals surface area (Å²) in [4.78, 5) is 16.6. The minimum Gasteiger partial charge on any atom is -0.322 e. The molecule has 0 unspecified atom stereocenters. The van der Waals surface area contributed by atoms with Crippen LogP contribution in [-0.2, 0) is 4.79 Å². The molecule has 0 aliphatic rings. The lowest BCUT2D eigenvalue weighted by atomic mass is 10.1. The van der Waals surface area contributed by atoms with Crippen molar-refractivity contribution in [1.82, 2.24) is 4.98 Å². The second kappa shape index (κ2) is 8.61. The molecular formula is C21H17ClN2OS. The van der Waals surface area contributed by atoms with Gasteiger partial charge in [0.25, 0.3) is 0 Å². The van der Waals surface area contributed by atoms with Crippen molar-refractivity contribution in [2.75, 3.05) is 5.32 Å². The van der Waals surface area contributed by atoms with Crippen LogP contribution in [-0.4, -0.2) is 10.9 Å². The van der Waals surface area contributed by atoms with E-state index in [1.165, 1.54) is 6.08 Å². The molecule has 0 saturated carbocycles. The SMILES string of the molecule is C/C=C/C=C/C(=O)Nc1cccc(-c2csc(-c3ccccc3Cl)n2)c1. The Bertz CT molecular complexity index is 975. The summed E-state index contributed by atoms with van der Waals surface area (Å²) in [5.74, 6) is -0.171. The Morgan fingerprint density at radius 2 is 2.00 bits per heavy atom. The summed E-state index contributed by atoms with van der Waals surface area (Å²) in [6, 6.07) is 15.3. The Balaban J connectivity index is 1.81. The molecule has 0 bridgehead atoms. The number of hydrogen-bond donors (Lipinski definition) is 1. The van der Waals surface area contributed by atoms with E-state index in [-0.39, 0.29) is 5.91 Å². The van der Waals surface area contributed by atoms with Crippen LogP contribution in [0.1, 0.15) is 6.92 Å². The number of rotatable bonds is 5. The Labute approximate surface area is 161 Å². The number of benzene rings is 2. The van der Waals surface area contributed by atoms with Crippen LogP contribution in [0.3, 0.4) is 0 Å². The predicted molar refractivity (Wildman–Crippen MR) is 111 cm³/mol. The van der Waals surface area contributed by atoms with Gasteiger partial charge in [-0.1, -0.05) is 60.2 Å². The number of anilines is 1. The number of hydrogen-bond acceptors (Lipinski definition) is 3. The molecular weight excluding hydrogens is 364 g/mol. The molecule has 5 heteroatoms. The van der Waals surface area contributed by atoms with E-state index in [2.05, 4.69) is 5.32 Å². The average molecular weight is 381 g/mol. The van der Waals surface area contributed by atoms with Crippen molar-refractivity contribution in [2.24, 2.45) is 0 Å². The van der Waals surface area contributed by atoms with Crippen LogP contribution in [0.25, 0.3) is 21.8 Å². The first-order chi connectivity index (χ1) is 12.7. The quantitative estimate of drug-likeness (QED) is 0.422. The highest BCUT2D eigenvalue weighted by Crippen LogP contribution is 2.33. The van der Waals surface area contributed by atoms with Gasteiger partial charge in [0.2, 0.25) is 5.91 Å². The summed E-state index contributed by atoms with van der Waals surface area (Å²) >= 11 is 7.80. The van der Waals surface area contributed by atoms with Crippen LogP contribution in [0.5, 0.6) is 0 Å². The Hall–Kier alpha value is -2.69. The van der Waals surface area contributed by atoms with Crippen molar-refractivity contribution in [3.63, 3.8) is 0 Å². The summed E-state index contributed by atoms with van der Waals surface area (Å²) in [7, 11) is 0. The fraction of sp³-hybridized carbons (Fsp3) is 0.0476. The largest absolute Gasteiger partial charge is 0.322 e. The maximum Gasteiger partial charge on any atom is 0.248 e. The summed E-state index contributed by atoms with van der Waals surface area (Å²) in [6.07, 6.45) is 6.87. The summed E-state index contributed by atoms with van der Waals surface area (Å²) < 4.78 is 0. The van der Waals surface area contributed by atoms with E-state index in [0.29, 0.717) is 5.02 Å². The normalized spacial score (nSPS) is 11.3. The summed E-state index contributed by atoms with van der Waals surface area (Å²) in [6.45, 7) is 1.90. The molecule has 1 aromatic heterocycles. The predicted octanol–water partition coefficient (Wildman–Crippen LogP) is 6.20. The van der Waals surface area contributed by atoms with Crippen LogP contribution < -0.4 is 5.32 Å². The van der Waals surface area contributed by atoms with E-state index in [1.807, 2.05) is 73.0 Å². The van der Waals surface area contributed by atoms with Gasteiger partial charge in [-0.05, 0) is 25.1 Å². The summed E-state index contributed by atoms with van der Waals surface area (Å²) in [5, 5.41) is 6.40. The van der Waals surface area contributed by atoms with E-state index in [1.54, 1.807) is 17.4 Å². The van der Waals surface area contributed by atoms with Crippen molar-refractivity contribution in [3.8, 4) is 21.8 Å². The van der Waals surface area contributed by atoms with E-state index >= 15 is 0 Å². The average Bonchev–Trinajstić information content (AvgIpc) is 3.12. The van der Waals surface area contributed by atoms with Gasteiger partial charge in [-0.2, -0.15) is 0 Å². The van der Waals surface area contributed by atoms with Gasteiger partial charge in [0.1, 0.15) is 5.01 Å². The van der Waals surface area contributed by atoms with Gasteiger partial charge in [0.05, 0.1) is 10.7 Å². The Morgan fingerprint density at radius 3 is 2.81 bits per heavy atom. The van der Waals surface area contributed by atoms with E-state index in [9.17, 15) is 4.79 Å². The molecule has 130 valence electrons. The molecule has 0 aliphatic heterocycles. The second-order valence-corrected chi connectivity index (χ2v) is 6.74. The van der Waals surface area contributed by atoms with Gasteiger partial charge in [0, 0.05) is 28.3 Å². The molecule has 0 spiro atoms. The Kier molecular flexibility index (Phi) is 6.00. The molecule has 1 N–H and O–H groups in total. The molecule has 1 amide bonds. The zero-order valence-corrected chi connectivity index (χ0v) is 15.7. The number of amides is 1. The van der Waals surface area contributed by atoms with Crippen molar-refractivity contribution < 1.29 is 4.79 Å². The molecule has 1 heterocycles. The minimum atomic E-state index is -0.171. The maximum atomic E-state index is 11.9. The molecule has 0 atom stereocenters. The number of aromatic nitrogens is 1. The third kappa shape index (κ3) is 4.48. The highest BCUT2D eigenvalue weighted by Gasteiger charge is 2.10. The first-order valence-electron chi connectivity index (χ1n) is 8.08. The Morgan fingerprint density at radius 1 is 1.15 bits per heavy atom. The lowest BCUT2D eigenvalue weighted by molar-refractivity contribution is -0.111. The lowest BCUT2D eigenvalue weighted by Gasteiger charge is -2.04. The maximum absolute atomic E-state index is 11.9. The molecule has 3 nitrogen and oxygen atoms in total. The topological polar surface area (TPSA) is 42.0 Å². The van der Waals surface area contributed by atoms with Gasteiger partial charge >= 0.3 is 0 Å². The van der Waals surface area contributed by atoms with Crippen LogP contribution >= 0.6 is 22.9 Å². The first-order valence-corrected chi connectivity index (χ1v) is 9.34. The molecule has 3 aromatic rings. The van der Waals surface area contributed by atoms with Crippen LogP contribution in [0.4, 0.5) is 5.69 Å². The van der Waals surface area contributed by atoms with Gasteiger partial charge in [-0.25, -0.2) is 4.98 Å². The zero-order valence-electron chi connectivity index (χ0n) is 14.1. The van der Waals surface area contributed by atoms with Crippen molar-refractivity contribution >= 4 is 34.5 Å².